The van der Waals surface area contributed by atoms with Crippen LogP contribution in [-0.4, -0.2) is 9.97 Å². The molecule has 19 heavy (non-hydrogen) atoms. The monoisotopic (exact) mass is 251 g/mol. The molecule has 0 amide bonds. The van der Waals surface area contributed by atoms with Crippen LogP contribution >= 0.6 is 0 Å². The standard InChI is InChI=1S/C13H9N5O/c1-8-2-3-10-12(17-7-18-13(10)19)11(8)16-6-9(4-14)5-15/h2-3,6-7,16H,1H3,(H,17,18,19). The lowest BCUT2D eigenvalue weighted by Crippen LogP contribution is -2.08. The molecule has 1 aromatic carbocycles. The molecule has 1 heterocycles. The van der Waals surface area contributed by atoms with Crippen LogP contribution in [0.3, 0.4) is 0 Å². The summed E-state index contributed by atoms with van der Waals surface area (Å²) in [4.78, 5) is 18.3. The average molecular weight is 251 g/mol. The van der Waals surface area contributed by atoms with E-state index < -0.39 is 0 Å². The van der Waals surface area contributed by atoms with Crippen LogP contribution in [0.5, 0.6) is 0 Å². The molecule has 0 spiro atoms. The Bertz CT molecular complexity index is 788. The lowest BCUT2D eigenvalue weighted by molar-refractivity contribution is 1.17. The predicted octanol–water partition coefficient (Wildman–Crippen LogP) is 1.57. The van der Waals surface area contributed by atoms with E-state index in [1.807, 2.05) is 6.92 Å². The number of aromatic amines is 1. The third-order valence-electron chi connectivity index (χ3n) is 2.62. The van der Waals surface area contributed by atoms with Crippen molar-refractivity contribution in [3.63, 3.8) is 0 Å². The number of nitriles is 2. The van der Waals surface area contributed by atoms with E-state index in [4.69, 9.17) is 10.5 Å². The number of H-pyrrole nitrogens is 1. The van der Waals surface area contributed by atoms with Crippen LogP contribution in [0.25, 0.3) is 10.9 Å². The number of aromatic nitrogens is 2. The zero-order chi connectivity index (χ0) is 13.8. The molecule has 92 valence electrons. The number of hydrogen-bond donors (Lipinski definition) is 2. The Kier molecular flexibility index (Phi) is 3.26. The Labute approximate surface area is 108 Å². The van der Waals surface area contributed by atoms with Crippen molar-refractivity contribution in [1.29, 1.82) is 10.5 Å². The highest BCUT2D eigenvalue weighted by atomic mass is 16.1. The van der Waals surface area contributed by atoms with Crippen molar-refractivity contribution in [1.82, 2.24) is 9.97 Å². The number of allylic oxidation sites excluding steroid dienone is 1. The first-order valence-corrected chi connectivity index (χ1v) is 5.41. The summed E-state index contributed by atoms with van der Waals surface area (Å²) in [7, 11) is 0. The maximum absolute atomic E-state index is 11.6. The third-order valence-corrected chi connectivity index (χ3v) is 2.62. The van der Waals surface area contributed by atoms with Crippen LogP contribution in [-0.2, 0) is 0 Å². The minimum absolute atomic E-state index is 0.0544. The number of aryl methyl sites for hydroxylation is 1. The lowest BCUT2D eigenvalue weighted by atomic mass is 10.1. The van der Waals surface area contributed by atoms with Gasteiger partial charge in [0.15, 0.2) is 0 Å². The fraction of sp³-hybridized carbons (Fsp3) is 0.0769. The molecule has 0 bridgehead atoms. The Balaban J connectivity index is 2.61. The molecule has 0 atom stereocenters. The zero-order valence-corrected chi connectivity index (χ0v) is 10.1. The minimum atomic E-state index is -0.238. The van der Waals surface area contributed by atoms with E-state index in [0.29, 0.717) is 16.6 Å². The maximum atomic E-state index is 11.6. The summed E-state index contributed by atoms with van der Waals surface area (Å²) < 4.78 is 0. The first kappa shape index (κ1) is 12.3. The SMILES string of the molecule is Cc1ccc2c(=O)[nH]cnc2c1NC=C(C#N)C#N. The third kappa shape index (κ3) is 2.28. The molecule has 0 unspecified atom stereocenters. The van der Waals surface area contributed by atoms with Gasteiger partial charge >= 0.3 is 0 Å². The lowest BCUT2D eigenvalue weighted by Gasteiger charge is -2.08. The molecule has 0 aliphatic heterocycles. The minimum Gasteiger partial charge on any atom is -0.358 e. The van der Waals surface area contributed by atoms with Gasteiger partial charge in [-0.15, -0.1) is 0 Å². The van der Waals surface area contributed by atoms with Gasteiger partial charge in [0.2, 0.25) is 0 Å². The van der Waals surface area contributed by atoms with Gasteiger partial charge < -0.3 is 10.3 Å². The van der Waals surface area contributed by atoms with Crippen molar-refractivity contribution in [3.05, 3.63) is 46.2 Å². The number of rotatable bonds is 2. The summed E-state index contributed by atoms with van der Waals surface area (Å²) in [5.41, 5.74) is 1.66. The van der Waals surface area contributed by atoms with E-state index in [2.05, 4.69) is 15.3 Å². The smallest absolute Gasteiger partial charge is 0.258 e. The van der Waals surface area contributed by atoms with Crippen molar-refractivity contribution in [2.24, 2.45) is 0 Å². The summed E-state index contributed by atoms with van der Waals surface area (Å²) in [6.45, 7) is 1.84. The van der Waals surface area contributed by atoms with Crippen LogP contribution < -0.4 is 10.9 Å². The second-order valence-corrected chi connectivity index (χ2v) is 3.81. The number of hydrogen-bond acceptors (Lipinski definition) is 5. The highest BCUT2D eigenvalue weighted by molar-refractivity contribution is 5.91. The van der Waals surface area contributed by atoms with Crippen LogP contribution in [0.1, 0.15) is 5.56 Å². The van der Waals surface area contributed by atoms with Gasteiger partial charge in [-0.2, -0.15) is 10.5 Å². The highest BCUT2D eigenvalue weighted by Crippen LogP contribution is 2.23. The van der Waals surface area contributed by atoms with Gasteiger partial charge in [0.1, 0.15) is 23.2 Å². The van der Waals surface area contributed by atoms with Crippen LogP contribution in [0.15, 0.2) is 35.0 Å². The largest absolute Gasteiger partial charge is 0.358 e. The molecule has 0 radical (unpaired) electrons. The zero-order valence-electron chi connectivity index (χ0n) is 10.1. The van der Waals surface area contributed by atoms with E-state index in [9.17, 15) is 4.79 Å². The predicted molar refractivity (Wildman–Crippen MR) is 70.0 cm³/mol. The van der Waals surface area contributed by atoms with Gasteiger partial charge in [-0.25, -0.2) is 4.98 Å². The molecule has 6 nitrogen and oxygen atoms in total. The van der Waals surface area contributed by atoms with Crippen molar-refractivity contribution in [2.45, 2.75) is 6.92 Å². The Morgan fingerprint density at radius 3 is 2.84 bits per heavy atom. The van der Waals surface area contributed by atoms with Crippen molar-refractivity contribution >= 4 is 16.6 Å². The number of anilines is 1. The molecule has 0 aliphatic carbocycles. The first-order chi connectivity index (χ1) is 9.17. The number of fused-ring (bicyclic) bond motifs is 1. The second-order valence-electron chi connectivity index (χ2n) is 3.81. The molecule has 2 aromatic rings. The topological polar surface area (TPSA) is 105 Å². The Morgan fingerprint density at radius 2 is 2.16 bits per heavy atom. The molecule has 2 N–H and O–H groups in total. The first-order valence-electron chi connectivity index (χ1n) is 5.41. The fourth-order valence-electron chi connectivity index (χ4n) is 1.66. The van der Waals surface area contributed by atoms with E-state index in [1.165, 1.54) is 12.5 Å². The fourth-order valence-corrected chi connectivity index (χ4v) is 1.66. The average Bonchev–Trinajstić information content (AvgIpc) is 2.42. The van der Waals surface area contributed by atoms with E-state index in [0.717, 1.165) is 5.56 Å². The summed E-state index contributed by atoms with van der Waals surface area (Å²) in [6.07, 6.45) is 2.61. The van der Waals surface area contributed by atoms with Gasteiger partial charge in [-0.05, 0) is 18.6 Å². The Hall–Kier alpha value is -3.12. The van der Waals surface area contributed by atoms with Gasteiger partial charge in [0, 0.05) is 6.20 Å². The van der Waals surface area contributed by atoms with E-state index >= 15 is 0 Å². The van der Waals surface area contributed by atoms with Gasteiger partial charge in [-0.1, -0.05) is 6.07 Å². The van der Waals surface area contributed by atoms with E-state index in [-0.39, 0.29) is 11.1 Å². The van der Waals surface area contributed by atoms with Gasteiger partial charge in [-0.3, -0.25) is 4.79 Å². The second kappa shape index (κ2) is 5.03. The van der Waals surface area contributed by atoms with Crippen molar-refractivity contribution in [2.75, 3.05) is 5.32 Å². The van der Waals surface area contributed by atoms with Crippen molar-refractivity contribution in [3.8, 4) is 12.1 Å². The molecule has 0 saturated heterocycles. The number of benzene rings is 1. The van der Waals surface area contributed by atoms with Crippen LogP contribution in [0, 0.1) is 29.6 Å². The molecular formula is C13H9N5O. The molecule has 1 aromatic heterocycles. The Morgan fingerprint density at radius 1 is 1.42 bits per heavy atom. The summed E-state index contributed by atoms with van der Waals surface area (Å²) in [5.74, 6) is 0. The van der Waals surface area contributed by atoms with Crippen molar-refractivity contribution < 1.29 is 0 Å². The van der Waals surface area contributed by atoms with Crippen LogP contribution in [0.2, 0.25) is 0 Å². The summed E-state index contributed by atoms with van der Waals surface area (Å²) >= 11 is 0. The highest BCUT2D eigenvalue weighted by Gasteiger charge is 2.07. The molecule has 2 rings (SSSR count). The molecule has 0 fully saturated rings. The van der Waals surface area contributed by atoms with Gasteiger partial charge in [0.05, 0.1) is 17.4 Å². The van der Waals surface area contributed by atoms with Gasteiger partial charge in [0.25, 0.3) is 5.56 Å². The maximum Gasteiger partial charge on any atom is 0.258 e. The molecular weight excluding hydrogens is 242 g/mol. The van der Waals surface area contributed by atoms with E-state index in [1.54, 1.807) is 24.3 Å². The molecule has 6 heteroatoms. The molecule has 0 saturated carbocycles. The summed E-state index contributed by atoms with van der Waals surface area (Å²) in [6, 6.07) is 6.95. The number of nitrogens with zero attached hydrogens (tertiary/aromatic N) is 3. The van der Waals surface area contributed by atoms with Crippen LogP contribution in [0.4, 0.5) is 5.69 Å². The summed E-state index contributed by atoms with van der Waals surface area (Å²) in [5, 5.41) is 20.7. The molecule has 0 aliphatic rings. The normalized spacial score (nSPS) is 9.42. The quantitative estimate of drug-likeness (QED) is 0.788. The number of nitrogens with one attached hydrogen (secondary N) is 2.